The maximum absolute atomic E-state index is 6.15. The van der Waals surface area contributed by atoms with Gasteiger partial charge in [0.25, 0.3) is 0 Å². The first-order valence-electron chi connectivity index (χ1n) is 4.63. The van der Waals surface area contributed by atoms with Crippen LogP contribution in [-0.4, -0.2) is 0 Å². The van der Waals surface area contributed by atoms with Gasteiger partial charge in [-0.3, -0.25) is 11.3 Å². The van der Waals surface area contributed by atoms with Gasteiger partial charge >= 0.3 is 0 Å². The molecule has 1 aliphatic rings. The average molecular weight is 276 g/mol. The number of hydrogen-bond acceptors (Lipinski definition) is 2. The zero-order valence-electron chi connectivity index (χ0n) is 7.63. The molecule has 1 atom stereocenters. The second-order valence-electron chi connectivity index (χ2n) is 3.65. The van der Waals surface area contributed by atoms with Crippen molar-refractivity contribution in [1.82, 2.24) is 5.43 Å². The van der Waals surface area contributed by atoms with Crippen LogP contribution < -0.4 is 11.3 Å². The zero-order chi connectivity index (χ0) is 10.1. The van der Waals surface area contributed by atoms with E-state index >= 15 is 0 Å². The van der Waals surface area contributed by atoms with Gasteiger partial charge in [0.1, 0.15) is 0 Å². The molecule has 0 bridgehead atoms. The van der Waals surface area contributed by atoms with E-state index in [0.29, 0.717) is 5.92 Å². The molecule has 1 saturated carbocycles. The Morgan fingerprint density at radius 2 is 2.21 bits per heavy atom. The minimum atomic E-state index is 0.204. The summed E-state index contributed by atoms with van der Waals surface area (Å²) in [7, 11) is 0. The first-order chi connectivity index (χ1) is 6.72. The van der Waals surface area contributed by atoms with Crippen LogP contribution in [0.1, 0.15) is 24.4 Å². The van der Waals surface area contributed by atoms with E-state index in [1.165, 1.54) is 12.8 Å². The molecule has 2 rings (SSSR count). The third kappa shape index (κ3) is 2.11. The fourth-order valence-electron chi connectivity index (χ4n) is 1.66. The van der Waals surface area contributed by atoms with Gasteiger partial charge in [0, 0.05) is 9.50 Å². The van der Waals surface area contributed by atoms with Crippen molar-refractivity contribution in [2.24, 2.45) is 11.8 Å². The third-order valence-electron chi connectivity index (χ3n) is 2.57. The van der Waals surface area contributed by atoms with Crippen molar-refractivity contribution in [3.63, 3.8) is 0 Å². The SMILES string of the molecule is NNC(c1ccc(Br)cc1Cl)C1CC1. The molecule has 0 heterocycles. The first kappa shape index (κ1) is 10.4. The molecule has 0 amide bonds. The summed E-state index contributed by atoms with van der Waals surface area (Å²) in [5.74, 6) is 6.18. The molecule has 0 saturated heterocycles. The Hall–Kier alpha value is -0.0900. The third-order valence-corrected chi connectivity index (χ3v) is 3.39. The Kier molecular flexibility index (Phi) is 3.12. The lowest BCUT2D eigenvalue weighted by Gasteiger charge is -2.16. The van der Waals surface area contributed by atoms with Crippen LogP contribution in [0.3, 0.4) is 0 Å². The predicted octanol–water partition coefficient (Wildman–Crippen LogP) is 3.02. The Bertz CT molecular complexity index is 339. The number of benzene rings is 1. The molecule has 4 heteroatoms. The standard InChI is InChI=1S/C10H12BrClN2/c11-7-3-4-8(9(12)5-7)10(14-13)6-1-2-6/h3-6,10,14H,1-2,13H2. The molecular formula is C10H12BrClN2. The van der Waals surface area contributed by atoms with Crippen molar-refractivity contribution in [2.75, 3.05) is 0 Å². The monoisotopic (exact) mass is 274 g/mol. The fourth-order valence-corrected chi connectivity index (χ4v) is 2.45. The minimum absolute atomic E-state index is 0.204. The number of hydrazine groups is 1. The van der Waals surface area contributed by atoms with Gasteiger partial charge in [-0.1, -0.05) is 33.6 Å². The Morgan fingerprint density at radius 1 is 1.50 bits per heavy atom. The van der Waals surface area contributed by atoms with Gasteiger partial charge in [-0.05, 0) is 36.5 Å². The summed E-state index contributed by atoms with van der Waals surface area (Å²) in [6.07, 6.45) is 2.47. The van der Waals surface area contributed by atoms with Crippen molar-refractivity contribution >= 4 is 27.5 Å². The summed E-state index contributed by atoms with van der Waals surface area (Å²) in [5, 5.41) is 0.772. The normalized spacial score (nSPS) is 18.2. The van der Waals surface area contributed by atoms with Crippen molar-refractivity contribution in [1.29, 1.82) is 0 Å². The van der Waals surface area contributed by atoms with E-state index in [1.807, 2.05) is 18.2 Å². The van der Waals surface area contributed by atoms with Gasteiger partial charge in [-0.15, -0.1) is 0 Å². The minimum Gasteiger partial charge on any atom is -0.271 e. The Labute approximate surface area is 96.9 Å². The highest BCUT2D eigenvalue weighted by atomic mass is 79.9. The highest BCUT2D eigenvalue weighted by Gasteiger charge is 2.32. The van der Waals surface area contributed by atoms with Crippen LogP contribution in [0.15, 0.2) is 22.7 Å². The molecule has 2 nitrogen and oxygen atoms in total. The van der Waals surface area contributed by atoms with Gasteiger partial charge < -0.3 is 0 Å². The van der Waals surface area contributed by atoms with Crippen molar-refractivity contribution in [3.05, 3.63) is 33.3 Å². The fraction of sp³-hybridized carbons (Fsp3) is 0.400. The predicted molar refractivity (Wildman–Crippen MR) is 61.9 cm³/mol. The van der Waals surface area contributed by atoms with Crippen LogP contribution >= 0.6 is 27.5 Å². The lowest BCUT2D eigenvalue weighted by atomic mass is 10.0. The van der Waals surface area contributed by atoms with E-state index < -0.39 is 0 Å². The van der Waals surface area contributed by atoms with Crippen molar-refractivity contribution in [2.45, 2.75) is 18.9 Å². The van der Waals surface area contributed by atoms with Gasteiger partial charge in [-0.2, -0.15) is 0 Å². The lowest BCUT2D eigenvalue weighted by molar-refractivity contribution is 0.497. The highest BCUT2D eigenvalue weighted by molar-refractivity contribution is 9.10. The van der Waals surface area contributed by atoms with E-state index in [2.05, 4.69) is 21.4 Å². The first-order valence-corrected chi connectivity index (χ1v) is 5.80. The van der Waals surface area contributed by atoms with E-state index in [4.69, 9.17) is 17.4 Å². The summed E-state index contributed by atoms with van der Waals surface area (Å²) in [6, 6.07) is 6.13. The van der Waals surface area contributed by atoms with Crippen LogP contribution in [0.4, 0.5) is 0 Å². The molecule has 0 aliphatic heterocycles. The number of nitrogens with two attached hydrogens (primary N) is 1. The van der Waals surface area contributed by atoms with Crippen molar-refractivity contribution < 1.29 is 0 Å². The number of nitrogens with one attached hydrogen (secondary N) is 1. The van der Waals surface area contributed by atoms with Gasteiger partial charge in [0.2, 0.25) is 0 Å². The number of halogens is 2. The molecule has 1 aromatic carbocycles. The molecule has 3 N–H and O–H groups in total. The van der Waals surface area contributed by atoms with Gasteiger partial charge in [0.15, 0.2) is 0 Å². The van der Waals surface area contributed by atoms with Crippen LogP contribution in [0, 0.1) is 5.92 Å². The van der Waals surface area contributed by atoms with E-state index in [0.717, 1.165) is 15.1 Å². The average Bonchev–Trinajstić information content (AvgIpc) is 2.93. The topological polar surface area (TPSA) is 38.0 Å². The second-order valence-corrected chi connectivity index (χ2v) is 4.97. The maximum atomic E-state index is 6.15. The van der Waals surface area contributed by atoms with Crippen LogP contribution in [-0.2, 0) is 0 Å². The number of rotatable bonds is 3. The van der Waals surface area contributed by atoms with Crippen LogP contribution in [0.2, 0.25) is 5.02 Å². The summed E-state index contributed by atoms with van der Waals surface area (Å²) in [5.41, 5.74) is 3.94. The smallest absolute Gasteiger partial charge is 0.0502 e. The van der Waals surface area contributed by atoms with E-state index in [-0.39, 0.29) is 6.04 Å². The second kappa shape index (κ2) is 4.19. The molecule has 1 fully saturated rings. The lowest BCUT2D eigenvalue weighted by Crippen LogP contribution is -2.29. The molecule has 0 radical (unpaired) electrons. The summed E-state index contributed by atoms with van der Waals surface area (Å²) in [4.78, 5) is 0. The molecule has 14 heavy (non-hydrogen) atoms. The summed E-state index contributed by atoms with van der Waals surface area (Å²) < 4.78 is 0.998. The molecule has 0 aromatic heterocycles. The van der Waals surface area contributed by atoms with Crippen molar-refractivity contribution in [3.8, 4) is 0 Å². The summed E-state index contributed by atoms with van der Waals surface area (Å²) >= 11 is 9.53. The van der Waals surface area contributed by atoms with Crippen LogP contribution in [0.5, 0.6) is 0 Å². The zero-order valence-corrected chi connectivity index (χ0v) is 9.98. The Balaban J connectivity index is 2.29. The molecule has 1 aromatic rings. The Morgan fingerprint density at radius 3 is 2.71 bits per heavy atom. The molecule has 1 unspecified atom stereocenters. The summed E-state index contributed by atoms with van der Waals surface area (Å²) in [6.45, 7) is 0. The van der Waals surface area contributed by atoms with E-state index in [9.17, 15) is 0 Å². The largest absolute Gasteiger partial charge is 0.271 e. The van der Waals surface area contributed by atoms with Gasteiger partial charge in [-0.25, -0.2) is 0 Å². The van der Waals surface area contributed by atoms with Gasteiger partial charge in [0.05, 0.1) is 6.04 Å². The van der Waals surface area contributed by atoms with Crippen LogP contribution in [0.25, 0.3) is 0 Å². The maximum Gasteiger partial charge on any atom is 0.0502 e. The highest BCUT2D eigenvalue weighted by Crippen LogP contribution is 2.42. The molecule has 76 valence electrons. The van der Waals surface area contributed by atoms with E-state index in [1.54, 1.807) is 0 Å². The molecule has 0 spiro atoms. The quantitative estimate of drug-likeness (QED) is 0.657. The molecule has 1 aliphatic carbocycles. The number of hydrogen-bond donors (Lipinski definition) is 2. The molecular weight excluding hydrogens is 263 g/mol.